The number of hydrogen-bond acceptors (Lipinski definition) is 6. The molecule has 3 unspecified atom stereocenters. The maximum absolute atomic E-state index is 12.6. The van der Waals surface area contributed by atoms with Gasteiger partial charge >= 0.3 is 0 Å². The molecule has 9 heteroatoms. The van der Waals surface area contributed by atoms with Gasteiger partial charge in [-0.05, 0) is 44.9 Å². The Morgan fingerprint density at radius 1 is 0.723 bits per heavy atom. The summed E-state index contributed by atoms with van der Waals surface area (Å²) in [5, 5.41) is 13.6. The predicted molar refractivity (Wildman–Crippen MR) is 196 cm³/mol. The summed E-state index contributed by atoms with van der Waals surface area (Å²) in [6, 6.07) is -0.902. The van der Waals surface area contributed by atoms with Crippen molar-refractivity contribution < 1.29 is 32.9 Å². The zero-order valence-electron chi connectivity index (χ0n) is 31.0. The molecule has 0 aromatic heterocycles. The molecule has 0 heterocycles. The highest BCUT2D eigenvalue weighted by Gasteiger charge is 2.23. The number of likely N-dealkylation sites (N-methyl/N-ethyl adjacent to an activating group) is 1. The number of nitrogens with zero attached hydrogens (tertiary/aromatic N) is 1. The lowest BCUT2D eigenvalue weighted by molar-refractivity contribution is -0.870. The summed E-state index contributed by atoms with van der Waals surface area (Å²) in [6.07, 6.45) is 35.1. The van der Waals surface area contributed by atoms with Gasteiger partial charge in [0.05, 0.1) is 39.9 Å². The van der Waals surface area contributed by atoms with Crippen LogP contribution in [0.15, 0.2) is 36.5 Å². The van der Waals surface area contributed by atoms with Gasteiger partial charge in [0.1, 0.15) is 13.2 Å². The van der Waals surface area contributed by atoms with Crippen molar-refractivity contribution in [1.29, 1.82) is 0 Å². The lowest BCUT2D eigenvalue weighted by Gasteiger charge is -2.29. The second-order valence-corrected chi connectivity index (χ2v) is 15.3. The molecule has 0 bridgehead atoms. The zero-order valence-corrected chi connectivity index (χ0v) is 31.9. The number of rotatable bonds is 33. The summed E-state index contributed by atoms with van der Waals surface area (Å²) in [5.41, 5.74) is 0. The average molecular weight is 685 g/mol. The Bertz CT molecular complexity index is 871. The monoisotopic (exact) mass is 685 g/mol. The lowest BCUT2D eigenvalue weighted by Crippen LogP contribution is -2.45. The molecule has 0 radical (unpaired) electrons. The highest BCUT2D eigenvalue weighted by atomic mass is 31.2. The van der Waals surface area contributed by atoms with Crippen LogP contribution in [0, 0.1) is 0 Å². The molecule has 0 rings (SSSR count). The molecule has 8 nitrogen and oxygen atoms in total. The number of nitrogens with one attached hydrogen (secondary N) is 1. The lowest BCUT2D eigenvalue weighted by atomic mass is 10.1. The topological polar surface area (TPSA) is 108 Å². The number of allylic oxidation sites excluding steroid dienone is 5. The number of carbonyl (C=O) groups excluding carboxylic acids is 1. The summed E-state index contributed by atoms with van der Waals surface area (Å²) in [4.78, 5) is 24.9. The summed E-state index contributed by atoms with van der Waals surface area (Å²) in [6.45, 7) is 4.52. The van der Waals surface area contributed by atoms with E-state index in [1.165, 1.54) is 77.0 Å². The molecular formula is C38H73N2O6P. The standard InChI is InChI=1S/C38H73N2O6P/c1-6-8-10-12-14-15-16-17-18-19-20-21-22-23-24-25-26-27-29-31-37(41)36(39-38(42)32-30-28-13-11-9-7-2)35-46-47(43,44)45-34-33-40(3,4)5/h20-21,24-25,29,31,36-37,41H,6-19,22-23,26-28,30,32-35H2,1-5H3,(H-,39,42,43,44)/b21-20+,25-24+,31-29+. The third kappa shape index (κ3) is 33.0. The summed E-state index contributed by atoms with van der Waals surface area (Å²) in [5.74, 6) is -0.224. The molecule has 0 aliphatic heterocycles. The highest BCUT2D eigenvalue weighted by Crippen LogP contribution is 2.38. The first-order valence-electron chi connectivity index (χ1n) is 18.9. The summed E-state index contributed by atoms with van der Waals surface area (Å²) >= 11 is 0. The van der Waals surface area contributed by atoms with Gasteiger partial charge in [0.2, 0.25) is 5.91 Å². The first-order valence-corrected chi connectivity index (χ1v) is 20.3. The number of aliphatic hydroxyl groups is 1. The van der Waals surface area contributed by atoms with Crippen LogP contribution in [-0.2, 0) is 18.4 Å². The van der Waals surface area contributed by atoms with Gasteiger partial charge in [-0.15, -0.1) is 0 Å². The van der Waals surface area contributed by atoms with Crippen LogP contribution < -0.4 is 10.2 Å². The van der Waals surface area contributed by atoms with Crippen LogP contribution in [0.5, 0.6) is 0 Å². The zero-order chi connectivity index (χ0) is 35.1. The van der Waals surface area contributed by atoms with Crippen molar-refractivity contribution in [1.82, 2.24) is 5.32 Å². The van der Waals surface area contributed by atoms with Crippen molar-refractivity contribution in [3.05, 3.63) is 36.5 Å². The van der Waals surface area contributed by atoms with Gasteiger partial charge in [-0.2, -0.15) is 0 Å². The number of hydrogen-bond donors (Lipinski definition) is 2. The Balaban J connectivity index is 4.48. The van der Waals surface area contributed by atoms with Crippen LogP contribution in [0.2, 0.25) is 0 Å². The van der Waals surface area contributed by atoms with Gasteiger partial charge < -0.3 is 28.8 Å². The van der Waals surface area contributed by atoms with Crippen molar-refractivity contribution in [2.75, 3.05) is 40.9 Å². The van der Waals surface area contributed by atoms with Gasteiger partial charge in [0, 0.05) is 6.42 Å². The minimum atomic E-state index is -4.58. The minimum absolute atomic E-state index is 0.00897. The Labute approximate surface area is 289 Å². The molecule has 0 spiro atoms. The van der Waals surface area contributed by atoms with Crippen LogP contribution in [-0.4, -0.2) is 68.5 Å². The Kier molecular flexibility index (Phi) is 29.9. The largest absolute Gasteiger partial charge is 0.756 e. The van der Waals surface area contributed by atoms with E-state index in [0.717, 1.165) is 51.4 Å². The van der Waals surface area contributed by atoms with Gasteiger partial charge in [0.15, 0.2) is 0 Å². The summed E-state index contributed by atoms with van der Waals surface area (Å²) < 4.78 is 22.9. The molecule has 0 saturated heterocycles. The molecule has 0 saturated carbocycles. The van der Waals surface area contributed by atoms with Gasteiger partial charge in [-0.1, -0.05) is 134 Å². The van der Waals surface area contributed by atoms with Crippen LogP contribution in [0.25, 0.3) is 0 Å². The second kappa shape index (κ2) is 30.8. The molecule has 0 aromatic carbocycles. The van der Waals surface area contributed by atoms with E-state index in [4.69, 9.17) is 9.05 Å². The van der Waals surface area contributed by atoms with E-state index in [-0.39, 0.29) is 12.5 Å². The molecule has 276 valence electrons. The second-order valence-electron chi connectivity index (χ2n) is 13.9. The van der Waals surface area contributed by atoms with Gasteiger partial charge in [-0.3, -0.25) is 9.36 Å². The van der Waals surface area contributed by atoms with E-state index in [2.05, 4.69) is 43.5 Å². The Morgan fingerprint density at radius 2 is 1.19 bits per heavy atom. The quantitative estimate of drug-likeness (QED) is 0.0309. The van der Waals surface area contributed by atoms with Crippen molar-refractivity contribution in [3.8, 4) is 0 Å². The van der Waals surface area contributed by atoms with Crippen LogP contribution in [0.4, 0.5) is 0 Å². The van der Waals surface area contributed by atoms with Gasteiger partial charge in [0.25, 0.3) is 7.82 Å². The number of carbonyl (C=O) groups is 1. The molecular weight excluding hydrogens is 611 g/mol. The molecule has 1 amide bonds. The normalized spacial score (nSPS) is 15.1. The molecule has 47 heavy (non-hydrogen) atoms. The van der Waals surface area contributed by atoms with E-state index < -0.39 is 26.6 Å². The van der Waals surface area contributed by atoms with Crippen molar-refractivity contribution in [2.24, 2.45) is 0 Å². The van der Waals surface area contributed by atoms with Crippen LogP contribution >= 0.6 is 7.82 Å². The number of phosphoric ester groups is 1. The molecule has 0 aliphatic rings. The van der Waals surface area contributed by atoms with E-state index in [0.29, 0.717) is 17.4 Å². The number of aliphatic hydroxyl groups excluding tert-OH is 1. The van der Waals surface area contributed by atoms with E-state index >= 15 is 0 Å². The third-order valence-corrected chi connectivity index (χ3v) is 9.04. The molecule has 2 N–H and O–H groups in total. The predicted octanol–water partition coefficient (Wildman–Crippen LogP) is 8.94. The van der Waals surface area contributed by atoms with Crippen molar-refractivity contribution in [3.63, 3.8) is 0 Å². The van der Waals surface area contributed by atoms with Crippen molar-refractivity contribution >= 4 is 13.7 Å². The number of quaternary nitrogens is 1. The average Bonchev–Trinajstić information content (AvgIpc) is 3.01. The van der Waals surface area contributed by atoms with Crippen molar-refractivity contribution in [2.45, 2.75) is 161 Å². The Morgan fingerprint density at radius 3 is 1.72 bits per heavy atom. The fourth-order valence-electron chi connectivity index (χ4n) is 5.00. The Hall–Kier alpha value is -1.28. The van der Waals surface area contributed by atoms with E-state index in [1.54, 1.807) is 6.08 Å². The molecule has 0 aliphatic carbocycles. The molecule has 0 fully saturated rings. The fourth-order valence-corrected chi connectivity index (χ4v) is 5.73. The maximum Gasteiger partial charge on any atom is 0.268 e. The number of unbranched alkanes of at least 4 members (excludes halogenated alkanes) is 16. The highest BCUT2D eigenvalue weighted by molar-refractivity contribution is 7.45. The first-order chi connectivity index (χ1) is 22.5. The van der Waals surface area contributed by atoms with Crippen LogP contribution in [0.3, 0.4) is 0 Å². The fraction of sp³-hybridized carbons (Fsp3) is 0.816. The van der Waals surface area contributed by atoms with Gasteiger partial charge in [-0.25, -0.2) is 0 Å². The number of amides is 1. The molecule has 3 atom stereocenters. The van der Waals surface area contributed by atoms with Crippen LogP contribution in [0.1, 0.15) is 149 Å². The third-order valence-electron chi connectivity index (χ3n) is 8.08. The smallest absolute Gasteiger partial charge is 0.268 e. The maximum atomic E-state index is 12.6. The number of phosphoric acid groups is 1. The van der Waals surface area contributed by atoms with E-state index in [9.17, 15) is 19.4 Å². The minimum Gasteiger partial charge on any atom is -0.756 e. The first kappa shape index (κ1) is 45.7. The molecule has 0 aromatic rings. The SMILES string of the molecule is CCCCCCCCCCC/C=C/CC/C=C/CC/C=C/C(O)C(COP(=O)([O-])OCC[N+](C)(C)C)NC(=O)CCCCCCCC. The summed E-state index contributed by atoms with van der Waals surface area (Å²) in [7, 11) is 1.23. The van der Waals surface area contributed by atoms with E-state index in [1.807, 2.05) is 27.2 Å².